The van der Waals surface area contributed by atoms with Gasteiger partial charge in [0.15, 0.2) is 0 Å². The molecule has 1 aromatic carbocycles. The monoisotopic (exact) mass is 316 g/mol. The third kappa shape index (κ3) is 3.16. The molecule has 0 saturated carbocycles. The first-order chi connectivity index (χ1) is 8.31. The van der Waals surface area contributed by atoms with E-state index in [9.17, 15) is 4.79 Å². The van der Waals surface area contributed by atoms with Crippen LogP contribution in [0.15, 0.2) is 16.6 Å². The van der Waals surface area contributed by atoms with Crippen LogP contribution in [-0.4, -0.2) is 25.3 Å². The van der Waals surface area contributed by atoms with Crippen molar-refractivity contribution < 1.29 is 19.4 Å². The van der Waals surface area contributed by atoms with E-state index < -0.39 is 11.4 Å². The van der Waals surface area contributed by atoms with E-state index in [0.717, 1.165) is 10.0 Å². The largest absolute Gasteiger partial charge is 0.497 e. The van der Waals surface area contributed by atoms with Crippen molar-refractivity contribution in [2.24, 2.45) is 0 Å². The van der Waals surface area contributed by atoms with Crippen LogP contribution in [0.4, 0.5) is 0 Å². The van der Waals surface area contributed by atoms with Crippen LogP contribution in [0.25, 0.3) is 0 Å². The number of rotatable bonds is 5. The van der Waals surface area contributed by atoms with E-state index in [2.05, 4.69) is 15.9 Å². The Morgan fingerprint density at radius 3 is 2.39 bits per heavy atom. The SMILES string of the molecule is COc1cc(Br)c(OC)c(C(C)(C)CC(=O)O)c1. The normalized spacial score (nSPS) is 11.2. The van der Waals surface area contributed by atoms with Gasteiger partial charge in [0.1, 0.15) is 11.5 Å². The number of carboxylic acids is 1. The van der Waals surface area contributed by atoms with Crippen molar-refractivity contribution in [1.29, 1.82) is 0 Å². The highest BCUT2D eigenvalue weighted by molar-refractivity contribution is 9.10. The van der Waals surface area contributed by atoms with Gasteiger partial charge in [-0.3, -0.25) is 4.79 Å². The lowest BCUT2D eigenvalue weighted by Gasteiger charge is -2.26. The predicted octanol–water partition coefficient (Wildman–Crippen LogP) is 3.22. The summed E-state index contributed by atoms with van der Waals surface area (Å²) in [6.45, 7) is 3.73. The minimum Gasteiger partial charge on any atom is -0.497 e. The molecule has 0 aliphatic rings. The van der Waals surface area contributed by atoms with Gasteiger partial charge >= 0.3 is 5.97 Å². The lowest BCUT2D eigenvalue weighted by atomic mass is 9.81. The Labute approximate surface area is 115 Å². The van der Waals surface area contributed by atoms with Crippen molar-refractivity contribution in [2.75, 3.05) is 14.2 Å². The number of methoxy groups -OCH3 is 2. The van der Waals surface area contributed by atoms with Crippen LogP contribution < -0.4 is 9.47 Å². The smallest absolute Gasteiger partial charge is 0.304 e. The van der Waals surface area contributed by atoms with Crippen LogP contribution in [0.1, 0.15) is 25.8 Å². The number of aliphatic carboxylic acids is 1. The molecule has 4 nitrogen and oxygen atoms in total. The number of hydrogen-bond acceptors (Lipinski definition) is 3. The fourth-order valence-corrected chi connectivity index (χ4v) is 2.47. The Hall–Kier alpha value is -1.23. The Morgan fingerprint density at radius 1 is 1.33 bits per heavy atom. The molecule has 0 fully saturated rings. The number of carboxylic acid groups (broad SMARTS) is 1. The fraction of sp³-hybridized carbons (Fsp3) is 0.462. The highest BCUT2D eigenvalue weighted by atomic mass is 79.9. The van der Waals surface area contributed by atoms with Crippen molar-refractivity contribution in [3.63, 3.8) is 0 Å². The summed E-state index contributed by atoms with van der Waals surface area (Å²) in [7, 11) is 3.13. The van der Waals surface area contributed by atoms with E-state index in [-0.39, 0.29) is 6.42 Å². The van der Waals surface area contributed by atoms with E-state index >= 15 is 0 Å². The number of hydrogen-bond donors (Lipinski definition) is 1. The van der Waals surface area contributed by atoms with Crippen LogP contribution in [0.5, 0.6) is 11.5 Å². The van der Waals surface area contributed by atoms with Gasteiger partial charge in [0, 0.05) is 11.0 Å². The first-order valence-electron chi connectivity index (χ1n) is 5.45. The zero-order valence-corrected chi connectivity index (χ0v) is 12.5. The molecule has 0 heterocycles. The Balaban J connectivity index is 3.36. The molecule has 0 radical (unpaired) electrons. The molecule has 0 aliphatic carbocycles. The molecule has 1 aromatic rings. The number of halogens is 1. The van der Waals surface area contributed by atoms with Crippen LogP contribution >= 0.6 is 15.9 Å². The van der Waals surface area contributed by atoms with Crippen LogP contribution in [-0.2, 0) is 10.2 Å². The molecule has 0 saturated heterocycles. The third-order valence-electron chi connectivity index (χ3n) is 2.78. The van der Waals surface area contributed by atoms with Crippen molar-refractivity contribution in [1.82, 2.24) is 0 Å². The van der Waals surface area contributed by atoms with Gasteiger partial charge in [-0.15, -0.1) is 0 Å². The molecule has 0 atom stereocenters. The quantitative estimate of drug-likeness (QED) is 0.906. The number of benzene rings is 1. The lowest BCUT2D eigenvalue weighted by molar-refractivity contribution is -0.138. The van der Waals surface area contributed by atoms with Crippen LogP contribution in [0.3, 0.4) is 0 Å². The Bertz CT molecular complexity index is 455. The molecule has 0 bridgehead atoms. The molecule has 0 aromatic heterocycles. The second kappa shape index (κ2) is 5.61. The van der Waals surface area contributed by atoms with Gasteiger partial charge in [0.2, 0.25) is 0 Å². The van der Waals surface area contributed by atoms with Crippen molar-refractivity contribution in [3.05, 3.63) is 22.2 Å². The molecule has 18 heavy (non-hydrogen) atoms. The molecule has 0 amide bonds. The Morgan fingerprint density at radius 2 is 1.94 bits per heavy atom. The third-order valence-corrected chi connectivity index (χ3v) is 3.37. The van der Waals surface area contributed by atoms with Crippen LogP contribution in [0.2, 0.25) is 0 Å². The zero-order chi connectivity index (χ0) is 13.9. The average Bonchev–Trinajstić information content (AvgIpc) is 2.26. The summed E-state index contributed by atoms with van der Waals surface area (Å²) in [5.41, 5.74) is 0.257. The van der Waals surface area contributed by atoms with E-state index in [4.69, 9.17) is 14.6 Å². The van der Waals surface area contributed by atoms with E-state index in [1.54, 1.807) is 20.3 Å². The van der Waals surface area contributed by atoms with Gasteiger partial charge in [-0.25, -0.2) is 0 Å². The second-order valence-electron chi connectivity index (χ2n) is 4.64. The molecule has 1 rings (SSSR count). The van der Waals surface area contributed by atoms with Crippen molar-refractivity contribution in [3.8, 4) is 11.5 Å². The van der Waals surface area contributed by atoms with Crippen LogP contribution in [0, 0.1) is 0 Å². The molecule has 100 valence electrons. The summed E-state index contributed by atoms with van der Waals surface area (Å²) in [5, 5.41) is 8.99. The molecule has 0 aliphatic heterocycles. The van der Waals surface area contributed by atoms with Gasteiger partial charge in [0.05, 0.1) is 25.1 Å². The fourth-order valence-electron chi connectivity index (χ4n) is 1.87. The molecular weight excluding hydrogens is 300 g/mol. The summed E-state index contributed by atoms with van der Waals surface area (Å²) in [6, 6.07) is 3.60. The predicted molar refractivity (Wildman–Crippen MR) is 72.5 cm³/mol. The van der Waals surface area contributed by atoms with E-state index in [1.807, 2.05) is 19.9 Å². The minimum absolute atomic E-state index is 0.0168. The van der Waals surface area contributed by atoms with Crippen molar-refractivity contribution >= 4 is 21.9 Å². The maximum absolute atomic E-state index is 10.9. The molecule has 5 heteroatoms. The lowest BCUT2D eigenvalue weighted by Crippen LogP contribution is -2.22. The number of ether oxygens (including phenoxy) is 2. The molecular formula is C13H17BrO4. The van der Waals surface area contributed by atoms with Gasteiger partial charge in [-0.2, -0.15) is 0 Å². The Kier molecular flexibility index (Phi) is 4.62. The molecule has 1 N–H and O–H groups in total. The standard InChI is InChI=1S/C13H17BrO4/c1-13(2,7-11(15)16)9-5-8(17-3)6-10(14)12(9)18-4/h5-6H,7H2,1-4H3,(H,15,16). The van der Waals surface area contributed by atoms with E-state index in [0.29, 0.717) is 11.5 Å². The topological polar surface area (TPSA) is 55.8 Å². The van der Waals surface area contributed by atoms with E-state index in [1.165, 1.54) is 0 Å². The highest BCUT2D eigenvalue weighted by Gasteiger charge is 2.29. The highest BCUT2D eigenvalue weighted by Crippen LogP contribution is 2.41. The summed E-state index contributed by atoms with van der Waals surface area (Å²) in [4.78, 5) is 10.9. The first kappa shape index (κ1) is 14.8. The summed E-state index contributed by atoms with van der Waals surface area (Å²) in [6.07, 6.45) is 0.0168. The number of carbonyl (C=O) groups is 1. The molecule has 0 spiro atoms. The summed E-state index contributed by atoms with van der Waals surface area (Å²) >= 11 is 3.41. The first-order valence-corrected chi connectivity index (χ1v) is 6.25. The maximum atomic E-state index is 10.9. The summed E-state index contributed by atoms with van der Waals surface area (Å²) < 4.78 is 11.3. The van der Waals surface area contributed by atoms with Gasteiger partial charge in [-0.05, 0) is 28.1 Å². The van der Waals surface area contributed by atoms with Gasteiger partial charge in [0.25, 0.3) is 0 Å². The zero-order valence-electron chi connectivity index (χ0n) is 10.9. The minimum atomic E-state index is -0.846. The average molecular weight is 317 g/mol. The second-order valence-corrected chi connectivity index (χ2v) is 5.50. The van der Waals surface area contributed by atoms with Crippen molar-refractivity contribution in [2.45, 2.75) is 25.7 Å². The van der Waals surface area contributed by atoms with Gasteiger partial charge < -0.3 is 14.6 Å². The maximum Gasteiger partial charge on any atom is 0.304 e. The molecule has 0 unspecified atom stereocenters. The summed E-state index contributed by atoms with van der Waals surface area (Å²) in [5.74, 6) is 0.458. The van der Waals surface area contributed by atoms with Gasteiger partial charge in [-0.1, -0.05) is 13.8 Å².